The monoisotopic (exact) mass is 331 g/mol. The largest absolute Gasteiger partial charge is 0.369 e. The van der Waals surface area contributed by atoms with E-state index in [9.17, 15) is 9.59 Å². The molecule has 1 aliphatic rings. The molecule has 2 rings (SSSR count). The Labute approximate surface area is 106 Å². The van der Waals surface area contributed by atoms with E-state index in [-0.39, 0.29) is 18.2 Å². The summed E-state index contributed by atoms with van der Waals surface area (Å²) in [5.74, 6) is -0.882. The number of aromatic nitrogens is 1. The van der Waals surface area contributed by atoms with Gasteiger partial charge in [-0.15, -0.1) is 0 Å². The Hall–Kier alpha value is -1.18. The highest BCUT2D eigenvalue weighted by atomic mass is 127. The lowest BCUT2D eigenvalue weighted by Gasteiger charge is -2.17. The molecule has 2 heterocycles. The second kappa shape index (κ2) is 4.36. The molecule has 0 aromatic carbocycles. The normalized spacial score (nSPS) is 20.2. The first kappa shape index (κ1) is 11.3. The van der Waals surface area contributed by atoms with E-state index in [2.05, 4.69) is 27.6 Å². The summed E-state index contributed by atoms with van der Waals surface area (Å²) in [5.41, 5.74) is 5.95. The van der Waals surface area contributed by atoms with Gasteiger partial charge in [0.05, 0.1) is 17.8 Å². The average molecular weight is 331 g/mol. The summed E-state index contributed by atoms with van der Waals surface area (Å²) in [6.45, 7) is 0.357. The van der Waals surface area contributed by atoms with Crippen molar-refractivity contribution in [3.05, 3.63) is 22.0 Å². The van der Waals surface area contributed by atoms with Crippen molar-refractivity contribution >= 4 is 40.1 Å². The van der Waals surface area contributed by atoms with E-state index < -0.39 is 5.91 Å². The summed E-state index contributed by atoms with van der Waals surface area (Å²) < 4.78 is 0.936. The maximum Gasteiger partial charge on any atom is 0.227 e. The Bertz CT molecular complexity index is 449. The van der Waals surface area contributed by atoms with Crippen LogP contribution in [0, 0.1) is 9.49 Å². The first-order chi connectivity index (χ1) is 7.59. The molecule has 0 aliphatic carbocycles. The van der Waals surface area contributed by atoms with Crippen LogP contribution in [0.5, 0.6) is 0 Å². The molecule has 0 saturated carbocycles. The van der Waals surface area contributed by atoms with Crippen molar-refractivity contribution in [1.82, 2.24) is 4.98 Å². The van der Waals surface area contributed by atoms with Gasteiger partial charge in [-0.05, 0) is 28.7 Å². The van der Waals surface area contributed by atoms with Crippen LogP contribution in [0.1, 0.15) is 6.42 Å². The van der Waals surface area contributed by atoms with Gasteiger partial charge in [-0.1, -0.05) is 0 Å². The molecule has 2 N–H and O–H groups in total. The highest BCUT2D eigenvalue weighted by Crippen LogP contribution is 2.27. The number of carbonyl (C=O) groups is 2. The molecule has 0 bridgehead atoms. The summed E-state index contributed by atoms with van der Waals surface area (Å²) in [7, 11) is 0. The minimum Gasteiger partial charge on any atom is -0.369 e. The number of nitrogens with two attached hydrogens (primary N) is 1. The minimum absolute atomic E-state index is 0.0743. The third kappa shape index (κ3) is 2.01. The van der Waals surface area contributed by atoms with Crippen molar-refractivity contribution in [2.45, 2.75) is 6.42 Å². The first-order valence-corrected chi connectivity index (χ1v) is 5.86. The van der Waals surface area contributed by atoms with Gasteiger partial charge in [0.25, 0.3) is 0 Å². The summed E-state index contributed by atoms with van der Waals surface area (Å²) in [6, 6.07) is 1.82. The highest BCUT2D eigenvalue weighted by molar-refractivity contribution is 14.1. The van der Waals surface area contributed by atoms with E-state index in [0.717, 1.165) is 9.26 Å². The van der Waals surface area contributed by atoms with Gasteiger partial charge in [0.2, 0.25) is 11.8 Å². The van der Waals surface area contributed by atoms with Crippen molar-refractivity contribution in [2.24, 2.45) is 11.7 Å². The van der Waals surface area contributed by atoms with Gasteiger partial charge in [0.1, 0.15) is 0 Å². The van der Waals surface area contributed by atoms with Crippen LogP contribution in [0.15, 0.2) is 18.5 Å². The van der Waals surface area contributed by atoms with Crippen LogP contribution < -0.4 is 10.6 Å². The number of primary amides is 1. The van der Waals surface area contributed by atoms with Gasteiger partial charge < -0.3 is 10.6 Å². The summed E-state index contributed by atoms with van der Waals surface area (Å²) in [6.07, 6.45) is 3.49. The van der Waals surface area contributed by atoms with Gasteiger partial charge in [-0.3, -0.25) is 14.6 Å². The Morgan fingerprint density at radius 2 is 2.38 bits per heavy atom. The summed E-state index contributed by atoms with van der Waals surface area (Å²) in [4.78, 5) is 28.3. The van der Waals surface area contributed by atoms with Crippen LogP contribution in [0.4, 0.5) is 5.69 Å². The van der Waals surface area contributed by atoms with Crippen molar-refractivity contribution in [3.8, 4) is 0 Å². The van der Waals surface area contributed by atoms with Crippen LogP contribution >= 0.6 is 22.6 Å². The lowest BCUT2D eigenvalue weighted by molar-refractivity contribution is -0.123. The van der Waals surface area contributed by atoms with E-state index in [1.165, 1.54) is 0 Å². The number of halogens is 1. The fourth-order valence-corrected chi connectivity index (χ4v) is 2.29. The van der Waals surface area contributed by atoms with E-state index in [0.29, 0.717) is 6.54 Å². The van der Waals surface area contributed by atoms with Crippen molar-refractivity contribution in [3.63, 3.8) is 0 Å². The maximum absolute atomic E-state index is 11.7. The average Bonchev–Trinajstić information content (AvgIpc) is 2.61. The number of nitrogens with zero attached hydrogens (tertiary/aromatic N) is 2. The zero-order valence-corrected chi connectivity index (χ0v) is 10.5. The molecular weight excluding hydrogens is 321 g/mol. The molecule has 1 unspecified atom stereocenters. The predicted octanol–water partition coefficient (Wildman–Crippen LogP) is 0.524. The second-order valence-corrected chi connectivity index (χ2v) is 4.80. The van der Waals surface area contributed by atoms with Crippen molar-refractivity contribution in [1.29, 1.82) is 0 Å². The Morgan fingerprint density at radius 3 is 2.94 bits per heavy atom. The first-order valence-electron chi connectivity index (χ1n) is 4.79. The third-order valence-electron chi connectivity index (χ3n) is 2.57. The predicted molar refractivity (Wildman–Crippen MR) is 66.6 cm³/mol. The molecule has 1 saturated heterocycles. The number of carbonyl (C=O) groups excluding carboxylic acids is 2. The summed E-state index contributed by atoms with van der Waals surface area (Å²) in [5, 5.41) is 0. The molecule has 1 fully saturated rings. The molecular formula is C10H10IN3O2. The highest BCUT2D eigenvalue weighted by Gasteiger charge is 2.34. The fraction of sp³-hybridized carbons (Fsp3) is 0.300. The molecule has 1 atom stereocenters. The van der Waals surface area contributed by atoms with Gasteiger partial charge in [-0.2, -0.15) is 0 Å². The molecule has 2 amide bonds. The minimum atomic E-state index is -0.422. The van der Waals surface area contributed by atoms with Gasteiger partial charge >= 0.3 is 0 Å². The molecule has 0 spiro atoms. The van der Waals surface area contributed by atoms with E-state index in [1.54, 1.807) is 17.3 Å². The molecule has 0 radical (unpaired) electrons. The fourth-order valence-electron chi connectivity index (χ4n) is 1.70. The quantitative estimate of drug-likeness (QED) is 0.803. The standard InChI is InChI=1S/C10H10IN3O2/c11-7-1-2-13-4-8(7)14-5-6(10(12)16)3-9(14)15/h1-2,4,6H,3,5H2,(H2,12,16). The molecule has 1 aromatic heterocycles. The molecule has 84 valence electrons. The van der Waals surface area contributed by atoms with E-state index in [4.69, 9.17) is 5.73 Å². The SMILES string of the molecule is NC(=O)C1CC(=O)N(c2cnccc2I)C1. The van der Waals surface area contributed by atoms with Gasteiger partial charge in [0.15, 0.2) is 0 Å². The lowest BCUT2D eigenvalue weighted by Crippen LogP contribution is -2.28. The number of hydrogen-bond acceptors (Lipinski definition) is 3. The van der Waals surface area contributed by atoms with Crippen LogP contribution in [0.25, 0.3) is 0 Å². The molecule has 1 aromatic rings. The van der Waals surface area contributed by atoms with Gasteiger partial charge in [-0.25, -0.2) is 0 Å². The zero-order chi connectivity index (χ0) is 11.7. The van der Waals surface area contributed by atoms with E-state index in [1.807, 2.05) is 6.07 Å². The number of hydrogen-bond donors (Lipinski definition) is 1. The van der Waals surface area contributed by atoms with Crippen LogP contribution in [0.2, 0.25) is 0 Å². The zero-order valence-electron chi connectivity index (χ0n) is 8.39. The Kier molecular flexibility index (Phi) is 3.08. The van der Waals surface area contributed by atoms with Crippen LogP contribution in [0.3, 0.4) is 0 Å². The molecule has 1 aliphatic heterocycles. The maximum atomic E-state index is 11.7. The molecule has 5 nitrogen and oxygen atoms in total. The van der Waals surface area contributed by atoms with E-state index >= 15 is 0 Å². The smallest absolute Gasteiger partial charge is 0.227 e. The summed E-state index contributed by atoms with van der Waals surface area (Å²) >= 11 is 2.13. The second-order valence-electron chi connectivity index (χ2n) is 3.63. The molecule has 6 heteroatoms. The number of rotatable bonds is 2. The Morgan fingerprint density at radius 1 is 1.62 bits per heavy atom. The van der Waals surface area contributed by atoms with Crippen LogP contribution in [-0.4, -0.2) is 23.3 Å². The van der Waals surface area contributed by atoms with Gasteiger partial charge in [0, 0.05) is 22.7 Å². The Balaban J connectivity index is 2.27. The number of anilines is 1. The van der Waals surface area contributed by atoms with Crippen molar-refractivity contribution in [2.75, 3.05) is 11.4 Å². The van der Waals surface area contributed by atoms with Crippen LogP contribution in [-0.2, 0) is 9.59 Å². The van der Waals surface area contributed by atoms with Crippen molar-refractivity contribution < 1.29 is 9.59 Å². The topological polar surface area (TPSA) is 76.3 Å². The number of pyridine rings is 1. The third-order valence-corrected chi connectivity index (χ3v) is 3.48. The molecule has 16 heavy (non-hydrogen) atoms. The number of amides is 2. The lowest BCUT2D eigenvalue weighted by atomic mass is 10.1.